The minimum Gasteiger partial charge on any atom is -0.443 e. The molecule has 5 heterocycles. The molecule has 0 radical (unpaired) electrons. The van der Waals surface area contributed by atoms with Gasteiger partial charge in [-0.25, -0.2) is 53.9 Å². The van der Waals surface area contributed by atoms with Crippen molar-refractivity contribution in [1.82, 2.24) is 39.7 Å². The Kier molecular flexibility index (Phi) is 22.1. The fraction of sp³-hybridized carbons (Fsp3) is 0.560. The van der Waals surface area contributed by atoms with Gasteiger partial charge >= 0.3 is 56.6 Å². The van der Waals surface area contributed by atoms with E-state index < -0.39 is 126 Å². The quantitative estimate of drug-likeness (QED) is 0.0691. The van der Waals surface area contributed by atoms with Crippen LogP contribution in [0.25, 0.3) is 11.3 Å². The zero-order valence-corrected chi connectivity index (χ0v) is 48.8. The topological polar surface area (TPSA) is 226 Å². The normalized spacial score (nSPS) is 14.6. The van der Waals surface area contributed by atoms with E-state index >= 15 is 0 Å². The second-order valence-corrected chi connectivity index (χ2v) is 23.1. The molecule has 0 saturated carbocycles. The van der Waals surface area contributed by atoms with Crippen molar-refractivity contribution in [2.75, 3.05) is 0 Å². The first-order valence-corrected chi connectivity index (χ1v) is 24.8. The molecule has 84 heavy (non-hydrogen) atoms. The van der Waals surface area contributed by atoms with Crippen LogP contribution in [-0.4, -0.2) is 118 Å². The summed E-state index contributed by atoms with van der Waals surface area (Å²) in [4.78, 5) is 71.7. The van der Waals surface area contributed by atoms with Crippen LogP contribution in [0, 0.1) is 0 Å². The van der Waals surface area contributed by atoms with Gasteiger partial charge in [0.25, 0.3) is 0 Å². The summed E-state index contributed by atoms with van der Waals surface area (Å²) in [6.07, 6.45) is -19.1. The van der Waals surface area contributed by atoms with Crippen molar-refractivity contribution in [2.24, 2.45) is 0 Å². The summed E-state index contributed by atoms with van der Waals surface area (Å²) in [5.74, 6) is -4.20. The van der Waals surface area contributed by atoms with E-state index in [1.54, 1.807) is 41.5 Å². The summed E-state index contributed by atoms with van der Waals surface area (Å²) < 4.78 is 192. The molecule has 34 heteroatoms. The zero-order chi connectivity index (χ0) is 64.8. The number of aromatic nitrogens is 6. The largest absolute Gasteiger partial charge is 0.573 e. The fourth-order valence-electron chi connectivity index (χ4n) is 5.99. The van der Waals surface area contributed by atoms with Crippen LogP contribution in [0.15, 0.2) is 49.3 Å². The second-order valence-electron chi connectivity index (χ2n) is 22.7. The summed E-state index contributed by atoms with van der Waals surface area (Å²) in [6, 6.07) is 2.03. The number of ether oxygens (including phenoxy) is 6. The predicted molar refractivity (Wildman–Crippen MR) is 272 cm³/mol. The van der Waals surface area contributed by atoms with Gasteiger partial charge in [0.1, 0.15) is 27.6 Å². The summed E-state index contributed by atoms with van der Waals surface area (Å²) in [6.45, 7) is 24.4. The summed E-state index contributed by atoms with van der Waals surface area (Å²) in [5.41, 5.74) is -5.68. The number of carbonyl (C=O) groups is 4. The van der Waals surface area contributed by atoms with Gasteiger partial charge < -0.3 is 37.7 Å². The minimum absolute atomic E-state index is 0.0890. The maximum atomic E-state index is 13.0. The lowest BCUT2D eigenvalue weighted by atomic mass is 9.81. The van der Waals surface area contributed by atoms with E-state index in [9.17, 15) is 71.9 Å². The van der Waals surface area contributed by atoms with Crippen molar-refractivity contribution in [1.29, 1.82) is 0 Å². The third-order valence-corrected chi connectivity index (χ3v) is 10.3. The number of hydrogen-bond donors (Lipinski definition) is 0. The third-order valence-electron chi connectivity index (χ3n) is 10.1. The molecular weight excluding hydrogens is 1180 g/mol. The van der Waals surface area contributed by atoms with Crippen LogP contribution >= 0.6 is 11.6 Å². The van der Waals surface area contributed by atoms with Crippen LogP contribution < -0.4 is 14.9 Å². The maximum Gasteiger partial charge on any atom is 0.573 e. The maximum absolute atomic E-state index is 13.0. The number of imide groups is 2. The van der Waals surface area contributed by atoms with Gasteiger partial charge in [-0.1, -0.05) is 11.6 Å². The molecule has 1 saturated heterocycles. The molecule has 0 atom stereocenters. The lowest BCUT2D eigenvalue weighted by Crippen LogP contribution is -2.43. The van der Waals surface area contributed by atoms with Gasteiger partial charge in [0, 0.05) is 46.9 Å². The monoisotopic (exact) mass is 1240 g/mol. The van der Waals surface area contributed by atoms with Gasteiger partial charge in [0.2, 0.25) is 11.6 Å². The lowest BCUT2D eigenvalue weighted by molar-refractivity contribution is -0.276. The van der Waals surface area contributed by atoms with Crippen LogP contribution in [0.5, 0.6) is 11.5 Å². The molecule has 5 rings (SSSR count). The highest BCUT2D eigenvalue weighted by Gasteiger charge is 2.52. The molecule has 4 aromatic rings. The van der Waals surface area contributed by atoms with E-state index in [-0.39, 0.29) is 27.5 Å². The number of alkyl halides is 12. The number of hydrogen-bond acceptors (Lipinski definition) is 18. The Balaban J connectivity index is 0.000000347. The first-order chi connectivity index (χ1) is 37.6. The Morgan fingerprint density at radius 3 is 1.11 bits per heavy atom. The molecule has 4 aromatic heterocycles. The van der Waals surface area contributed by atoms with Crippen LogP contribution in [0.2, 0.25) is 5.15 Å². The van der Waals surface area contributed by atoms with Crippen LogP contribution in [0.1, 0.15) is 134 Å². The van der Waals surface area contributed by atoms with Crippen LogP contribution in [0.4, 0.5) is 71.9 Å². The van der Waals surface area contributed by atoms with Gasteiger partial charge in [0.15, 0.2) is 11.5 Å². The lowest BCUT2D eigenvalue weighted by Gasteiger charge is -2.32. The second kappa shape index (κ2) is 26.1. The third kappa shape index (κ3) is 23.6. The number of pyridine rings is 2. The van der Waals surface area contributed by atoms with E-state index in [4.69, 9.17) is 39.9 Å². The van der Waals surface area contributed by atoms with Gasteiger partial charge in [-0.15, -0.1) is 26.3 Å². The van der Waals surface area contributed by atoms with E-state index in [2.05, 4.69) is 39.4 Å². The van der Waals surface area contributed by atoms with Gasteiger partial charge in [-0.3, -0.25) is 4.98 Å². The Hall–Kier alpha value is -7.03. The highest BCUT2D eigenvalue weighted by atomic mass is 35.5. The molecule has 466 valence electrons. The van der Waals surface area contributed by atoms with E-state index in [1.807, 2.05) is 27.7 Å². The summed E-state index contributed by atoms with van der Waals surface area (Å²) >= 11 is 5.74. The highest BCUT2D eigenvalue weighted by molar-refractivity contribution is 6.61. The molecule has 0 unspecified atom stereocenters. The molecule has 0 spiro atoms. The SMILES string of the molecule is CC(C)(C)OC(=O)N(Cc1cc(-c2cnc(C(F)(F)F)nc2)ncc1OC(F)(F)F)C(=O)OC(C)(C)C.CC(C)(C)OC(=O)N(Cc1cc(Cl)ncc1OC(F)(F)F)C(=O)OC(C)(C)C.CC1(C)OB(c2cnc(C(F)(F)F)nc2)OC1(C)C. The fourth-order valence-corrected chi connectivity index (χ4v) is 6.17. The van der Waals surface area contributed by atoms with Crippen LogP contribution in [0.3, 0.4) is 0 Å². The molecule has 0 N–H and O–H groups in total. The summed E-state index contributed by atoms with van der Waals surface area (Å²) in [5, 5.41) is -0.155. The first kappa shape index (κ1) is 71.2. The van der Waals surface area contributed by atoms with Crippen molar-refractivity contribution >= 4 is 48.6 Å². The van der Waals surface area contributed by atoms with E-state index in [1.165, 1.54) is 41.5 Å². The Morgan fingerprint density at radius 2 is 0.798 bits per heavy atom. The van der Waals surface area contributed by atoms with Crippen molar-refractivity contribution in [3.8, 4) is 22.8 Å². The molecule has 20 nitrogen and oxygen atoms in total. The molecule has 1 aliphatic heterocycles. The number of nitrogens with zero attached hydrogens (tertiary/aromatic N) is 8. The number of halogens is 13. The molecule has 0 aromatic carbocycles. The molecule has 1 aliphatic rings. The molecule has 0 bridgehead atoms. The van der Waals surface area contributed by atoms with Gasteiger partial charge in [-0.05, 0) is 123 Å². The van der Waals surface area contributed by atoms with Crippen molar-refractivity contribution < 1.29 is 110 Å². The Morgan fingerprint density at radius 1 is 0.488 bits per heavy atom. The molecule has 0 aliphatic carbocycles. The summed E-state index contributed by atoms with van der Waals surface area (Å²) in [7, 11) is -0.757. The average molecular weight is 1240 g/mol. The first-order valence-electron chi connectivity index (χ1n) is 24.4. The van der Waals surface area contributed by atoms with Crippen molar-refractivity contribution in [2.45, 2.75) is 183 Å². The van der Waals surface area contributed by atoms with Gasteiger partial charge in [0.05, 0.1) is 42.4 Å². The highest BCUT2D eigenvalue weighted by Crippen LogP contribution is 2.37. The molecular formula is C50H60BClF12N8O12. The van der Waals surface area contributed by atoms with E-state index in [0.29, 0.717) is 21.5 Å². The standard InChI is InChI=1S/C22H24F6N4O5.C17H22ClF3N2O5.C11H14BF3N2O2/c1-19(2,3)36-17(33)32(18(34)37-20(4,5)6)11-12-7-14(29-10-15(12)35-22(26,27)28)13-8-30-16(31-9-13)21(23,24)25;1-15(2,3)27-13(24)23(14(25)28-16(4,5)6)9-10-7-12(18)22-8-11(10)26-17(19,20)21;1-9(2)10(3,4)19-12(18-9)7-5-16-8(17-6-7)11(13,14)15/h7-10H,11H2,1-6H3;7-8H,9H2,1-6H3;5-6H,1-4H3. The number of rotatable bonds is 8. The van der Waals surface area contributed by atoms with Crippen molar-refractivity contribution in [3.05, 3.63) is 77.2 Å². The average Bonchev–Trinajstić information content (AvgIpc) is 3.39. The molecule has 1 fully saturated rings. The predicted octanol–water partition coefficient (Wildman–Crippen LogP) is 13.2. The minimum atomic E-state index is -5.17. The van der Waals surface area contributed by atoms with Gasteiger partial charge in [-0.2, -0.15) is 26.3 Å². The number of carbonyl (C=O) groups excluding carboxylic acids is 4. The number of amides is 4. The van der Waals surface area contributed by atoms with Crippen molar-refractivity contribution in [3.63, 3.8) is 0 Å². The molecule has 4 amide bonds. The zero-order valence-electron chi connectivity index (χ0n) is 48.0. The Bertz CT molecular complexity index is 2860. The Labute approximate surface area is 479 Å². The van der Waals surface area contributed by atoms with E-state index in [0.717, 1.165) is 43.1 Å². The smallest absolute Gasteiger partial charge is 0.443 e. The van der Waals surface area contributed by atoms with Crippen LogP contribution in [-0.2, 0) is 53.7 Å².